The quantitative estimate of drug-likeness (QED) is 0.347. The molecule has 0 fully saturated rings. The zero-order chi connectivity index (χ0) is 23.9. The molecule has 1 aliphatic heterocycles. The highest BCUT2D eigenvalue weighted by atomic mass is 16.7. The van der Waals surface area contributed by atoms with Gasteiger partial charge in [-0.05, 0) is 51.1 Å². The van der Waals surface area contributed by atoms with E-state index in [-0.39, 0.29) is 0 Å². The first kappa shape index (κ1) is 21.0. The number of hydrogen-bond acceptors (Lipinski definition) is 6. The van der Waals surface area contributed by atoms with Gasteiger partial charge in [0, 0.05) is 16.6 Å². The van der Waals surface area contributed by atoms with Crippen molar-refractivity contribution in [2.75, 3.05) is 4.90 Å². The van der Waals surface area contributed by atoms with Crippen molar-refractivity contribution in [3.8, 4) is 5.82 Å². The highest BCUT2D eigenvalue weighted by Gasteiger charge is 2.36. The third-order valence-corrected chi connectivity index (χ3v) is 6.20. The molecule has 0 amide bonds. The Morgan fingerprint density at radius 2 is 1.51 bits per heavy atom. The molecule has 1 atom stereocenters. The molecule has 1 unspecified atom stereocenters. The molecule has 3 heterocycles. The van der Waals surface area contributed by atoms with Gasteiger partial charge in [0.1, 0.15) is 12.7 Å². The molecule has 0 saturated carbocycles. The van der Waals surface area contributed by atoms with Crippen LogP contribution in [0, 0.1) is 20.8 Å². The molecule has 1 aliphatic rings. The summed E-state index contributed by atoms with van der Waals surface area (Å²) in [5.41, 5.74) is 7.22. The predicted octanol–water partition coefficient (Wildman–Crippen LogP) is 5.64. The maximum absolute atomic E-state index is 6.16. The molecule has 0 bridgehead atoms. The Bertz CT molecular complexity index is 1540. The van der Waals surface area contributed by atoms with Gasteiger partial charge in [0.2, 0.25) is 6.23 Å². The molecule has 172 valence electrons. The minimum atomic E-state index is -0.536. The van der Waals surface area contributed by atoms with E-state index in [1.165, 1.54) is 17.5 Å². The van der Waals surface area contributed by atoms with E-state index in [0.717, 1.165) is 39.1 Å². The number of rotatable bonds is 4. The Kier molecular flexibility index (Phi) is 5.03. The van der Waals surface area contributed by atoms with Crippen molar-refractivity contribution < 1.29 is 4.84 Å². The molecular formula is C28H24N6O. The van der Waals surface area contributed by atoms with Gasteiger partial charge in [-0.1, -0.05) is 64.3 Å². The molecule has 5 aromatic rings. The van der Waals surface area contributed by atoms with Crippen molar-refractivity contribution in [1.29, 1.82) is 0 Å². The smallest absolute Gasteiger partial charge is 0.235 e. The number of hydrogen-bond donors (Lipinski definition) is 0. The number of oxime groups is 1. The summed E-state index contributed by atoms with van der Waals surface area (Å²) in [4.78, 5) is 17.4. The molecule has 6 rings (SSSR count). The van der Waals surface area contributed by atoms with Crippen LogP contribution in [-0.2, 0) is 4.84 Å². The fourth-order valence-corrected chi connectivity index (χ4v) is 4.34. The summed E-state index contributed by atoms with van der Waals surface area (Å²) in [6, 6.07) is 25.0. The molecule has 0 aliphatic carbocycles. The minimum Gasteiger partial charge on any atom is -0.363 e. The number of nitrogens with zero attached hydrogens (tertiary/aromatic N) is 6. The predicted molar refractivity (Wildman–Crippen MR) is 137 cm³/mol. The van der Waals surface area contributed by atoms with Gasteiger partial charge in [0.15, 0.2) is 11.7 Å². The van der Waals surface area contributed by atoms with Crippen LogP contribution in [0.2, 0.25) is 0 Å². The fraction of sp³-hybridized carbons (Fsp3) is 0.143. The van der Waals surface area contributed by atoms with Gasteiger partial charge in [-0.3, -0.25) is 4.90 Å². The summed E-state index contributed by atoms with van der Waals surface area (Å²) in [5, 5.41) is 9.96. The second-order valence-corrected chi connectivity index (χ2v) is 8.88. The highest BCUT2D eigenvalue weighted by Crippen LogP contribution is 2.38. The molecule has 0 radical (unpaired) electrons. The lowest BCUT2D eigenvalue weighted by molar-refractivity contribution is 0.0865. The van der Waals surface area contributed by atoms with Crippen LogP contribution in [0.15, 0.2) is 90.6 Å². The van der Waals surface area contributed by atoms with Crippen LogP contribution in [0.1, 0.15) is 34.0 Å². The Morgan fingerprint density at radius 1 is 0.800 bits per heavy atom. The number of pyridine rings is 1. The van der Waals surface area contributed by atoms with Gasteiger partial charge in [0.25, 0.3) is 0 Å². The molecule has 3 aromatic carbocycles. The SMILES string of the molecule is Cc1ccc(C2=NOC(c3cc4cc(C)ccc4nc3-n3cncn3)N2c2ccc(C)cc2)cc1. The van der Waals surface area contributed by atoms with E-state index >= 15 is 0 Å². The molecular weight excluding hydrogens is 436 g/mol. The number of benzene rings is 3. The molecule has 0 saturated heterocycles. The van der Waals surface area contributed by atoms with E-state index in [0.29, 0.717) is 5.82 Å². The molecule has 2 aromatic heterocycles. The highest BCUT2D eigenvalue weighted by molar-refractivity contribution is 6.11. The summed E-state index contributed by atoms with van der Waals surface area (Å²) < 4.78 is 1.68. The molecule has 7 heteroatoms. The van der Waals surface area contributed by atoms with E-state index < -0.39 is 6.23 Å². The first-order chi connectivity index (χ1) is 17.1. The van der Waals surface area contributed by atoms with E-state index in [9.17, 15) is 0 Å². The van der Waals surface area contributed by atoms with E-state index in [2.05, 4.69) is 108 Å². The molecule has 0 N–H and O–H groups in total. The second-order valence-electron chi connectivity index (χ2n) is 8.88. The van der Waals surface area contributed by atoms with Crippen molar-refractivity contribution in [3.63, 3.8) is 0 Å². The van der Waals surface area contributed by atoms with Crippen molar-refractivity contribution in [3.05, 3.63) is 113 Å². The molecule has 0 spiro atoms. The van der Waals surface area contributed by atoms with Crippen LogP contribution in [0.3, 0.4) is 0 Å². The van der Waals surface area contributed by atoms with Gasteiger partial charge in [-0.2, -0.15) is 5.10 Å². The largest absolute Gasteiger partial charge is 0.363 e. The van der Waals surface area contributed by atoms with E-state index in [4.69, 9.17) is 9.82 Å². The fourth-order valence-electron chi connectivity index (χ4n) is 4.34. The standard InChI is InChI=1S/C28H24N6O/c1-18-4-9-21(10-5-18)26-32-35-28(34(26)23-11-6-19(2)7-12-23)24-15-22-14-20(3)8-13-25(22)31-27(24)33-17-29-16-30-33/h4-17,28H,1-3H3. The topological polar surface area (TPSA) is 68.4 Å². The van der Waals surface area contributed by atoms with E-state index in [1.54, 1.807) is 11.0 Å². The zero-order valence-electron chi connectivity index (χ0n) is 19.8. The Labute approximate surface area is 203 Å². The average molecular weight is 461 g/mol. The Morgan fingerprint density at radius 3 is 2.23 bits per heavy atom. The summed E-state index contributed by atoms with van der Waals surface area (Å²) in [7, 11) is 0. The third kappa shape index (κ3) is 3.81. The summed E-state index contributed by atoms with van der Waals surface area (Å²) in [6.45, 7) is 6.23. The van der Waals surface area contributed by atoms with Crippen LogP contribution in [-0.4, -0.2) is 25.6 Å². The Hall–Kier alpha value is -4.52. The molecule has 7 nitrogen and oxygen atoms in total. The Balaban J connectivity index is 1.55. The lowest BCUT2D eigenvalue weighted by atomic mass is 10.1. The third-order valence-electron chi connectivity index (χ3n) is 6.20. The number of amidine groups is 1. The summed E-state index contributed by atoms with van der Waals surface area (Å²) in [5.74, 6) is 1.40. The number of fused-ring (bicyclic) bond motifs is 1. The van der Waals surface area contributed by atoms with Gasteiger partial charge in [-0.25, -0.2) is 14.6 Å². The second kappa shape index (κ2) is 8.36. The van der Waals surface area contributed by atoms with Gasteiger partial charge in [0.05, 0.1) is 11.1 Å². The van der Waals surface area contributed by atoms with Crippen LogP contribution in [0.5, 0.6) is 0 Å². The normalized spacial score (nSPS) is 15.3. The monoisotopic (exact) mass is 460 g/mol. The van der Waals surface area contributed by atoms with Gasteiger partial charge in [-0.15, -0.1) is 0 Å². The van der Waals surface area contributed by atoms with Crippen LogP contribution >= 0.6 is 0 Å². The maximum Gasteiger partial charge on any atom is 0.235 e. The molecule has 35 heavy (non-hydrogen) atoms. The lowest BCUT2D eigenvalue weighted by Crippen LogP contribution is -2.32. The lowest BCUT2D eigenvalue weighted by Gasteiger charge is -2.27. The van der Waals surface area contributed by atoms with Crippen LogP contribution in [0.25, 0.3) is 16.7 Å². The van der Waals surface area contributed by atoms with Crippen LogP contribution < -0.4 is 4.90 Å². The minimum absolute atomic E-state index is 0.536. The van der Waals surface area contributed by atoms with Crippen molar-refractivity contribution in [1.82, 2.24) is 19.7 Å². The summed E-state index contributed by atoms with van der Waals surface area (Å²) in [6.07, 6.45) is 2.62. The zero-order valence-corrected chi connectivity index (χ0v) is 19.8. The van der Waals surface area contributed by atoms with Crippen molar-refractivity contribution in [2.45, 2.75) is 27.0 Å². The van der Waals surface area contributed by atoms with Crippen molar-refractivity contribution in [2.24, 2.45) is 5.16 Å². The van der Waals surface area contributed by atoms with Gasteiger partial charge >= 0.3 is 0 Å². The van der Waals surface area contributed by atoms with Crippen LogP contribution in [0.4, 0.5) is 5.69 Å². The van der Waals surface area contributed by atoms with Crippen molar-refractivity contribution >= 4 is 22.4 Å². The number of anilines is 1. The summed E-state index contributed by atoms with van der Waals surface area (Å²) >= 11 is 0. The number of aromatic nitrogens is 4. The van der Waals surface area contributed by atoms with E-state index in [1.807, 2.05) is 6.07 Å². The number of aryl methyl sites for hydroxylation is 3. The van der Waals surface area contributed by atoms with Gasteiger partial charge < -0.3 is 4.84 Å². The first-order valence-corrected chi connectivity index (χ1v) is 11.5. The maximum atomic E-state index is 6.16. The average Bonchev–Trinajstić information content (AvgIpc) is 3.55. The first-order valence-electron chi connectivity index (χ1n) is 11.5.